The molecule has 0 aliphatic rings. The molecule has 0 saturated heterocycles. The predicted molar refractivity (Wildman–Crippen MR) is 62.4 cm³/mol. The topological polar surface area (TPSA) is 73.0 Å². The summed E-state index contributed by atoms with van der Waals surface area (Å²) in [5.41, 5.74) is 0.109. The van der Waals surface area contributed by atoms with Crippen LogP contribution < -0.4 is 5.32 Å². The van der Waals surface area contributed by atoms with Crippen LogP contribution in [0.25, 0.3) is 0 Å². The first-order valence-corrected chi connectivity index (χ1v) is 5.27. The van der Waals surface area contributed by atoms with Gasteiger partial charge in [-0.05, 0) is 21.7 Å². The second kappa shape index (κ2) is 4.51. The van der Waals surface area contributed by atoms with Gasteiger partial charge in [0.2, 0.25) is 12.1 Å². The van der Waals surface area contributed by atoms with E-state index in [1.165, 1.54) is 6.33 Å². The van der Waals surface area contributed by atoms with Gasteiger partial charge >= 0.3 is 5.82 Å². The van der Waals surface area contributed by atoms with Crippen LogP contribution in [0.1, 0.15) is 27.2 Å². The quantitative estimate of drug-likeness (QED) is 0.617. The highest BCUT2D eigenvalue weighted by Crippen LogP contribution is 2.25. The Morgan fingerprint density at radius 1 is 1.62 bits per heavy atom. The van der Waals surface area contributed by atoms with Crippen molar-refractivity contribution in [3.05, 3.63) is 16.4 Å². The number of nitro groups is 1. The minimum Gasteiger partial charge on any atom is -0.364 e. The second-order valence-electron chi connectivity index (χ2n) is 4.66. The molecule has 0 spiro atoms. The van der Waals surface area contributed by atoms with E-state index >= 15 is 0 Å². The molecule has 0 fully saturated rings. The maximum Gasteiger partial charge on any atom is 0.406 e. The van der Waals surface area contributed by atoms with Crippen molar-refractivity contribution in [2.45, 2.75) is 27.2 Å². The lowest BCUT2D eigenvalue weighted by Crippen LogP contribution is -2.23. The van der Waals surface area contributed by atoms with E-state index in [2.05, 4.69) is 31.1 Å². The Morgan fingerprint density at radius 3 is 2.75 bits per heavy atom. The lowest BCUT2D eigenvalue weighted by molar-refractivity contribution is -0.388. The highest BCUT2D eigenvalue weighted by Gasteiger charge is 2.22. The van der Waals surface area contributed by atoms with E-state index in [4.69, 9.17) is 0 Å². The van der Waals surface area contributed by atoms with Gasteiger partial charge < -0.3 is 15.4 Å². The molecule has 0 aliphatic carbocycles. The molecule has 0 atom stereocenters. The Bertz CT molecular complexity index is 384. The summed E-state index contributed by atoms with van der Waals surface area (Å²) in [6, 6.07) is 0. The van der Waals surface area contributed by atoms with Crippen molar-refractivity contribution in [2.75, 3.05) is 11.9 Å². The number of nitrogens with one attached hydrogen (secondary N) is 1. The molecule has 1 rings (SSSR count). The van der Waals surface area contributed by atoms with Crippen molar-refractivity contribution >= 4 is 11.6 Å². The lowest BCUT2D eigenvalue weighted by Gasteiger charge is -2.23. The third-order valence-corrected chi connectivity index (χ3v) is 2.78. The number of hydrogen-bond acceptors (Lipinski definition) is 4. The molecule has 1 aromatic rings. The first-order valence-electron chi connectivity index (χ1n) is 5.27. The van der Waals surface area contributed by atoms with E-state index in [0.717, 1.165) is 6.42 Å². The summed E-state index contributed by atoms with van der Waals surface area (Å²) in [5, 5.41) is 13.8. The highest BCUT2D eigenvalue weighted by molar-refractivity contribution is 5.52. The van der Waals surface area contributed by atoms with Crippen LogP contribution in [0, 0.1) is 15.5 Å². The fourth-order valence-electron chi connectivity index (χ4n) is 1.20. The van der Waals surface area contributed by atoms with Crippen molar-refractivity contribution in [1.29, 1.82) is 0 Å². The van der Waals surface area contributed by atoms with Gasteiger partial charge in [0.1, 0.15) is 0 Å². The zero-order valence-corrected chi connectivity index (χ0v) is 10.1. The fraction of sp³-hybridized carbons (Fsp3) is 0.700. The maximum absolute atomic E-state index is 10.7. The van der Waals surface area contributed by atoms with Crippen LogP contribution in [0.15, 0.2) is 6.33 Å². The summed E-state index contributed by atoms with van der Waals surface area (Å²) < 4.78 is 1.63. The molecule has 0 radical (unpaired) electrons. The number of anilines is 1. The third-order valence-electron chi connectivity index (χ3n) is 2.78. The largest absolute Gasteiger partial charge is 0.406 e. The van der Waals surface area contributed by atoms with Crippen LogP contribution >= 0.6 is 0 Å². The fourth-order valence-corrected chi connectivity index (χ4v) is 1.20. The maximum atomic E-state index is 10.7. The summed E-state index contributed by atoms with van der Waals surface area (Å²) in [4.78, 5) is 14.0. The lowest BCUT2D eigenvalue weighted by atomic mass is 9.90. The molecule has 0 unspecified atom stereocenters. The molecule has 90 valence electrons. The van der Waals surface area contributed by atoms with Gasteiger partial charge in [0.15, 0.2) is 0 Å². The standard InChI is InChI=1S/C10H18N4O2/c1-5-10(2,3)6-11-8-9(14(15)16)12-7-13(8)4/h7,11H,5-6H2,1-4H3. The summed E-state index contributed by atoms with van der Waals surface area (Å²) in [6.07, 6.45) is 2.45. The summed E-state index contributed by atoms with van der Waals surface area (Å²) in [6.45, 7) is 7.01. The second-order valence-corrected chi connectivity index (χ2v) is 4.66. The molecule has 1 N–H and O–H groups in total. The van der Waals surface area contributed by atoms with Crippen LogP contribution in [-0.4, -0.2) is 21.0 Å². The molecule has 6 nitrogen and oxygen atoms in total. The van der Waals surface area contributed by atoms with Crippen LogP contribution in [0.4, 0.5) is 11.6 Å². The first-order chi connectivity index (χ1) is 7.37. The molecule has 0 aliphatic heterocycles. The average molecular weight is 226 g/mol. The van der Waals surface area contributed by atoms with Gasteiger partial charge in [0, 0.05) is 13.6 Å². The SMILES string of the molecule is CCC(C)(C)CNc1c([N+](=O)[O-])ncn1C. The molecule has 0 aromatic carbocycles. The highest BCUT2D eigenvalue weighted by atomic mass is 16.6. The Kier molecular flexibility index (Phi) is 3.51. The van der Waals surface area contributed by atoms with Gasteiger partial charge in [-0.3, -0.25) is 4.57 Å². The molecule has 0 amide bonds. The van der Waals surface area contributed by atoms with Crippen molar-refractivity contribution in [2.24, 2.45) is 12.5 Å². The summed E-state index contributed by atoms with van der Waals surface area (Å²) in [7, 11) is 1.74. The predicted octanol–water partition coefficient (Wildman–Crippen LogP) is 2.18. The monoisotopic (exact) mass is 226 g/mol. The van der Waals surface area contributed by atoms with Gasteiger partial charge in [-0.1, -0.05) is 20.8 Å². The Balaban J connectivity index is 2.81. The van der Waals surface area contributed by atoms with Crippen molar-refractivity contribution < 1.29 is 4.92 Å². The van der Waals surface area contributed by atoms with E-state index in [0.29, 0.717) is 12.4 Å². The van der Waals surface area contributed by atoms with E-state index in [9.17, 15) is 10.1 Å². The molecule has 16 heavy (non-hydrogen) atoms. The van der Waals surface area contributed by atoms with E-state index in [1.54, 1.807) is 11.6 Å². The molecule has 1 aromatic heterocycles. The molecule has 0 bridgehead atoms. The number of hydrogen-bond donors (Lipinski definition) is 1. The molecular weight excluding hydrogens is 208 g/mol. The average Bonchev–Trinajstić information content (AvgIpc) is 2.57. The zero-order chi connectivity index (χ0) is 12.3. The number of rotatable bonds is 5. The summed E-state index contributed by atoms with van der Waals surface area (Å²) in [5.74, 6) is 0.348. The van der Waals surface area contributed by atoms with E-state index < -0.39 is 4.92 Å². The van der Waals surface area contributed by atoms with Gasteiger partial charge in [-0.2, -0.15) is 0 Å². The first kappa shape index (κ1) is 12.5. The van der Waals surface area contributed by atoms with Crippen molar-refractivity contribution in [1.82, 2.24) is 9.55 Å². The van der Waals surface area contributed by atoms with Gasteiger partial charge in [0.05, 0.1) is 0 Å². The van der Waals surface area contributed by atoms with E-state index in [-0.39, 0.29) is 11.2 Å². The van der Waals surface area contributed by atoms with Crippen LogP contribution in [0.5, 0.6) is 0 Å². The molecular formula is C10H18N4O2. The van der Waals surface area contributed by atoms with Crippen LogP contribution in [0.3, 0.4) is 0 Å². The van der Waals surface area contributed by atoms with Gasteiger partial charge in [-0.15, -0.1) is 0 Å². The number of nitrogens with zero attached hydrogens (tertiary/aromatic N) is 3. The van der Waals surface area contributed by atoms with Crippen molar-refractivity contribution in [3.63, 3.8) is 0 Å². The van der Waals surface area contributed by atoms with Gasteiger partial charge in [0.25, 0.3) is 0 Å². The Labute approximate surface area is 94.8 Å². The molecule has 6 heteroatoms. The van der Waals surface area contributed by atoms with Crippen LogP contribution in [-0.2, 0) is 7.05 Å². The number of aromatic nitrogens is 2. The van der Waals surface area contributed by atoms with Gasteiger partial charge in [-0.25, -0.2) is 0 Å². The number of aryl methyl sites for hydroxylation is 1. The van der Waals surface area contributed by atoms with Crippen molar-refractivity contribution in [3.8, 4) is 0 Å². The molecule has 0 saturated carbocycles. The normalized spacial score (nSPS) is 11.5. The Hall–Kier alpha value is -1.59. The minimum atomic E-state index is -0.471. The van der Waals surface area contributed by atoms with Crippen LogP contribution in [0.2, 0.25) is 0 Å². The number of imidazole rings is 1. The third kappa shape index (κ3) is 2.71. The zero-order valence-electron chi connectivity index (χ0n) is 10.1. The summed E-state index contributed by atoms with van der Waals surface area (Å²) >= 11 is 0. The van der Waals surface area contributed by atoms with E-state index in [1.807, 2.05) is 0 Å². The minimum absolute atomic E-state index is 0.109. The molecule has 1 heterocycles. The Morgan fingerprint density at radius 2 is 2.25 bits per heavy atom. The smallest absolute Gasteiger partial charge is 0.364 e.